The first-order valence-electron chi connectivity index (χ1n) is 10.5. The van der Waals surface area contributed by atoms with Crippen LogP contribution in [0, 0.1) is 19.7 Å². The SMILES string of the molecule is C=CC(=O)N1CCN(c2nc(OC)nc3c2CCN(c2ccc(F)c(C)c2C)C3)CC1. The normalized spacial score (nSPS) is 16.2. The van der Waals surface area contributed by atoms with Crippen LogP contribution in [0.2, 0.25) is 0 Å². The van der Waals surface area contributed by atoms with Crippen molar-refractivity contribution in [3.8, 4) is 6.01 Å². The number of fused-ring (bicyclic) bond motifs is 1. The molecule has 0 unspecified atom stereocenters. The van der Waals surface area contributed by atoms with Gasteiger partial charge in [0.15, 0.2) is 0 Å². The van der Waals surface area contributed by atoms with Crippen molar-refractivity contribution in [2.24, 2.45) is 0 Å². The van der Waals surface area contributed by atoms with Crippen molar-refractivity contribution in [1.29, 1.82) is 0 Å². The number of piperazine rings is 1. The fraction of sp³-hybridized carbons (Fsp3) is 0.435. The number of halogens is 1. The van der Waals surface area contributed by atoms with Gasteiger partial charge >= 0.3 is 6.01 Å². The van der Waals surface area contributed by atoms with Gasteiger partial charge in [-0.1, -0.05) is 6.58 Å². The predicted octanol–water partition coefficient (Wildman–Crippen LogP) is 2.64. The zero-order valence-corrected chi connectivity index (χ0v) is 18.3. The molecule has 3 heterocycles. The molecule has 1 saturated heterocycles. The Balaban J connectivity index is 1.61. The van der Waals surface area contributed by atoms with Crippen LogP contribution in [-0.2, 0) is 17.8 Å². The molecule has 7 nitrogen and oxygen atoms in total. The zero-order chi connectivity index (χ0) is 22.1. The standard InChI is InChI=1S/C23H28FN5O2/c1-5-21(30)27-10-12-28(13-11-27)22-17-8-9-29(14-19(17)25-23(26-22)31-4)20-7-6-18(24)15(2)16(20)3/h5-7H,1,8-14H2,2-4H3. The molecule has 4 rings (SSSR count). The number of hydrogen-bond donors (Lipinski definition) is 0. The number of amides is 1. The van der Waals surface area contributed by atoms with Gasteiger partial charge in [-0.05, 0) is 49.6 Å². The Morgan fingerprint density at radius 1 is 1.10 bits per heavy atom. The second kappa shape index (κ2) is 8.53. The van der Waals surface area contributed by atoms with Gasteiger partial charge in [0, 0.05) is 44.0 Å². The smallest absolute Gasteiger partial charge is 0.318 e. The lowest BCUT2D eigenvalue weighted by molar-refractivity contribution is -0.126. The molecule has 8 heteroatoms. The van der Waals surface area contributed by atoms with Gasteiger partial charge in [0.2, 0.25) is 5.91 Å². The minimum Gasteiger partial charge on any atom is -0.467 e. The lowest BCUT2D eigenvalue weighted by Crippen LogP contribution is -2.49. The summed E-state index contributed by atoms with van der Waals surface area (Å²) in [5, 5.41) is 0. The summed E-state index contributed by atoms with van der Waals surface area (Å²) in [4.78, 5) is 27.4. The molecule has 2 aliphatic heterocycles. The second-order valence-corrected chi connectivity index (χ2v) is 7.96. The average molecular weight is 426 g/mol. The molecular formula is C23H28FN5O2. The number of ether oxygens (including phenoxy) is 1. The number of nitrogens with zero attached hydrogens (tertiary/aromatic N) is 5. The maximum Gasteiger partial charge on any atom is 0.318 e. The molecule has 2 aromatic rings. The Bertz CT molecular complexity index is 1020. The molecule has 0 N–H and O–H groups in total. The quantitative estimate of drug-likeness (QED) is 0.702. The molecular weight excluding hydrogens is 397 g/mol. The Labute approximate surface area is 182 Å². The van der Waals surface area contributed by atoms with Crippen molar-refractivity contribution >= 4 is 17.4 Å². The number of carbonyl (C=O) groups excluding carboxylic acids is 1. The third-order valence-electron chi connectivity index (χ3n) is 6.30. The number of anilines is 2. The Morgan fingerprint density at radius 2 is 1.84 bits per heavy atom. The predicted molar refractivity (Wildman–Crippen MR) is 118 cm³/mol. The first-order valence-corrected chi connectivity index (χ1v) is 10.5. The summed E-state index contributed by atoms with van der Waals surface area (Å²) in [6.45, 7) is 11.4. The minimum absolute atomic E-state index is 0.0393. The molecule has 0 spiro atoms. The highest BCUT2D eigenvalue weighted by atomic mass is 19.1. The molecule has 1 fully saturated rings. The Morgan fingerprint density at radius 3 is 2.52 bits per heavy atom. The van der Waals surface area contributed by atoms with Gasteiger partial charge < -0.3 is 19.4 Å². The topological polar surface area (TPSA) is 61.8 Å². The molecule has 1 aromatic carbocycles. The van der Waals surface area contributed by atoms with E-state index >= 15 is 0 Å². The van der Waals surface area contributed by atoms with Crippen LogP contribution in [0.25, 0.3) is 0 Å². The Hall–Kier alpha value is -3.16. The van der Waals surface area contributed by atoms with Gasteiger partial charge in [-0.2, -0.15) is 9.97 Å². The summed E-state index contributed by atoms with van der Waals surface area (Å²) in [6.07, 6.45) is 2.15. The highest BCUT2D eigenvalue weighted by molar-refractivity contribution is 5.87. The maximum absolute atomic E-state index is 13.9. The summed E-state index contributed by atoms with van der Waals surface area (Å²) in [6, 6.07) is 3.72. The number of benzene rings is 1. The molecule has 0 aliphatic carbocycles. The van der Waals surface area contributed by atoms with Crippen LogP contribution in [0.4, 0.5) is 15.9 Å². The minimum atomic E-state index is -0.181. The van der Waals surface area contributed by atoms with E-state index in [1.54, 1.807) is 12.0 Å². The average Bonchev–Trinajstić information content (AvgIpc) is 2.81. The van der Waals surface area contributed by atoms with Crippen LogP contribution in [0.15, 0.2) is 24.8 Å². The van der Waals surface area contributed by atoms with E-state index in [9.17, 15) is 9.18 Å². The van der Waals surface area contributed by atoms with E-state index in [-0.39, 0.29) is 11.7 Å². The zero-order valence-electron chi connectivity index (χ0n) is 18.3. The molecule has 1 aromatic heterocycles. The molecule has 2 aliphatic rings. The molecule has 0 atom stereocenters. The molecule has 164 valence electrons. The van der Waals surface area contributed by atoms with Crippen LogP contribution >= 0.6 is 0 Å². The van der Waals surface area contributed by atoms with Crippen molar-refractivity contribution in [1.82, 2.24) is 14.9 Å². The summed E-state index contributed by atoms with van der Waals surface area (Å²) in [7, 11) is 1.57. The van der Waals surface area contributed by atoms with E-state index in [0.29, 0.717) is 44.3 Å². The van der Waals surface area contributed by atoms with Crippen molar-refractivity contribution < 1.29 is 13.9 Å². The molecule has 0 radical (unpaired) electrons. The number of rotatable bonds is 4. The summed E-state index contributed by atoms with van der Waals surface area (Å²) in [5.41, 5.74) is 4.71. The van der Waals surface area contributed by atoms with E-state index in [4.69, 9.17) is 4.74 Å². The molecule has 1 amide bonds. The molecule has 0 saturated carbocycles. The van der Waals surface area contributed by atoms with Crippen LogP contribution in [0.1, 0.15) is 22.4 Å². The van der Waals surface area contributed by atoms with Gasteiger partial charge in [0.05, 0.1) is 19.3 Å². The molecule has 31 heavy (non-hydrogen) atoms. The van der Waals surface area contributed by atoms with E-state index in [0.717, 1.165) is 41.3 Å². The number of hydrogen-bond acceptors (Lipinski definition) is 6. The summed E-state index contributed by atoms with van der Waals surface area (Å²) >= 11 is 0. The van der Waals surface area contributed by atoms with Gasteiger partial charge in [-0.3, -0.25) is 4.79 Å². The van der Waals surface area contributed by atoms with Gasteiger partial charge in [-0.25, -0.2) is 4.39 Å². The third-order valence-corrected chi connectivity index (χ3v) is 6.30. The number of carbonyl (C=O) groups is 1. The molecule has 0 bridgehead atoms. The van der Waals surface area contributed by atoms with Crippen molar-refractivity contribution in [2.45, 2.75) is 26.8 Å². The van der Waals surface area contributed by atoms with E-state index in [2.05, 4.69) is 26.3 Å². The maximum atomic E-state index is 13.9. The first-order chi connectivity index (χ1) is 14.9. The fourth-order valence-electron chi connectivity index (χ4n) is 4.33. The van der Waals surface area contributed by atoms with Crippen molar-refractivity contribution in [3.05, 3.63) is 53.0 Å². The van der Waals surface area contributed by atoms with Crippen LogP contribution in [0.5, 0.6) is 6.01 Å². The summed E-state index contributed by atoms with van der Waals surface area (Å²) in [5.74, 6) is 0.667. The highest BCUT2D eigenvalue weighted by Gasteiger charge is 2.28. The van der Waals surface area contributed by atoms with Crippen LogP contribution < -0.4 is 14.5 Å². The summed E-state index contributed by atoms with van der Waals surface area (Å²) < 4.78 is 19.3. The number of methoxy groups -OCH3 is 1. The van der Waals surface area contributed by atoms with Gasteiger partial charge in [0.25, 0.3) is 0 Å². The highest BCUT2D eigenvalue weighted by Crippen LogP contribution is 2.33. The third kappa shape index (κ3) is 3.94. The fourth-order valence-corrected chi connectivity index (χ4v) is 4.33. The van der Waals surface area contributed by atoms with Crippen molar-refractivity contribution in [2.75, 3.05) is 49.6 Å². The Kier molecular flexibility index (Phi) is 5.80. The lowest BCUT2D eigenvalue weighted by Gasteiger charge is -2.38. The first kappa shape index (κ1) is 21.1. The second-order valence-electron chi connectivity index (χ2n) is 7.96. The largest absolute Gasteiger partial charge is 0.467 e. The lowest BCUT2D eigenvalue weighted by atomic mass is 10.0. The van der Waals surface area contributed by atoms with Gasteiger partial charge in [-0.15, -0.1) is 0 Å². The van der Waals surface area contributed by atoms with Crippen LogP contribution in [0.3, 0.4) is 0 Å². The van der Waals surface area contributed by atoms with E-state index < -0.39 is 0 Å². The monoisotopic (exact) mass is 425 g/mol. The number of aromatic nitrogens is 2. The van der Waals surface area contributed by atoms with E-state index in [1.807, 2.05) is 19.9 Å². The van der Waals surface area contributed by atoms with Gasteiger partial charge in [0.1, 0.15) is 11.6 Å². The van der Waals surface area contributed by atoms with Crippen LogP contribution in [-0.4, -0.2) is 60.6 Å². The van der Waals surface area contributed by atoms with E-state index in [1.165, 1.54) is 12.1 Å². The van der Waals surface area contributed by atoms with Crippen molar-refractivity contribution in [3.63, 3.8) is 0 Å².